The number of hydrogen-bond donors (Lipinski definition) is 0. The summed E-state index contributed by atoms with van der Waals surface area (Å²) in [6.45, 7) is 1.96. The molecule has 7 nitrogen and oxygen atoms in total. The Bertz CT molecular complexity index is 952. The number of methoxy groups -OCH3 is 4. The van der Waals surface area contributed by atoms with Gasteiger partial charge in [-0.15, -0.1) is 0 Å². The summed E-state index contributed by atoms with van der Waals surface area (Å²) in [5.74, 6) is 1.57. The third-order valence-corrected chi connectivity index (χ3v) is 4.21. The zero-order chi connectivity index (χ0) is 20.3. The molecule has 0 saturated heterocycles. The second kappa shape index (κ2) is 8.04. The molecule has 0 spiro atoms. The van der Waals surface area contributed by atoms with Crippen molar-refractivity contribution in [1.29, 1.82) is 0 Å². The van der Waals surface area contributed by atoms with E-state index in [1.54, 1.807) is 25.3 Å². The Morgan fingerprint density at radius 1 is 0.893 bits per heavy atom. The maximum absolute atomic E-state index is 12.3. The maximum Gasteiger partial charge on any atom is 0.363 e. The summed E-state index contributed by atoms with van der Waals surface area (Å²) in [5, 5.41) is 0. The van der Waals surface area contributed by atoms with E-state index in [1.807, 2.05) is 25.1 Å². The van der Waals surface area contributed by atoms with Gasteiger partial charge in [0.05, 0.1) is 28.4 Å². The van der Waals surface area contributed by atoms with Crippen molar-refractivity contribution in [3.63, 3.8) is 0 Å². The first kappa shape index (κ1) is 19.3. The summed E-state index contributed by atoms with van der Waals surface area (Å²) in [4.78, 5) is 16.7. The highest BCUT2D eigenvalue weighted by Gasteiger charge is 2.26. The van der Waals surface area contributed by atoms with Crippen LogP contribution in [0, 0.1) is 6.92 Å². The lowest BCUT2D eigenvalue weighted by molar-refractivity contribution is -0.129. The van der Waals surface area contributed by atoms with Gasteiger partial charge in [-0.25, -0.2) is 9.79 Å². The van der Waals surface area contributed by atoms with Crippen LogP contribution < -0.4 is 18.9 Å². The molecule has 0 atom stereocenters. The van der Waals surface area contributed by atoms with Gasteiger partial charge >= 0.3 is 5.97 Å². The van der Waals surface area contributed by atoms with E-state index in [0.29, 0.717) is 28.6 Å². The number of benzene rings is 2. The standard InChI is InChI=1S/C21H21NO6/c1-12-6-7-16(24-2)13(8-12)9-15-21(23)28-20(22-15)14-10-17(25-3)19(27-5)18(11-14)26-4/h6-11H,1-5H3/b15-9-. The Balaban J connectivity index is 2.04. The van der Waals surface area contributed by atoms with Gasteiger partial charge in [-0.1, -0.05) is 11.6 Å². The lowest BCUT2D eigenvalue weighted by atomic mass is 10.1. The minimum Gasteiger partial charge on any atom is -0.496 e. The number of hydrogen-bond acceptors (Lipinski definition) is 7. The van der Waals surface area contributed by atoms with Gasteiger partial charge in [-0.3, -0.25) is 0 Å². The van der Waals surface area contributed by atoms with Gasteiger partial charge < -0.3 is 23.7 Å². The average Bonchev–Trinajstić information content (AvgIpc) is 3.07. The molecule has 1 aliphatic rings. The summed E-state index contributed by atoms with van der Waals surface area (Å²) < 4.78 is 26.7. The Kier molecular flexibility index (Phi) is 5.54. The molecule has 0 radical (unpaired) electrons. The zero-order valence-corrected chi connectivity index (χ0v) is 16.4. The molecule has 0 fully saturated rings. The molecular formula is C21H21NO6. The summed E-state index contributed by atoms with van der Waals surface area (Å²) >= 11 is 0. The summed E-state index contributed by atoms with van der Waals surface area (Å²) in [7, 11) is 6.12. The largest absolute Gasteiger partial charge is 0.496 e. The molecule has 0 aromatic heterocycles. The van der Waals surface area contributed by atoms with Gasteiger partial charge in [-0.2, -0.15) is 0 Å². The van der Waals surface area contributed by atoms with E-state index in [2.05, 4.69) is 4.99 Å². The molecule has 146 valence electrons. The monoisotopic (exact) mass is 383 g/mol. The van der Waals surface area contributed by atoms with Gasteiger partial charge in [0.2, 0.25) is 11.6 Å². The molecule has 0 N–H and O–H groups in total. The molecule has 0 bridgehead atoms. The molecule has 2 aromatic rings. The van der Waals surface area contributed by atoms with Crippen molar-refractivity contribution in [2.45, 2.75) is 6.92 Å². The van der Waals surface area contributed by atoms with Gasteiger partial charge in [0.1, 0.15) is 5.75 Å². The lowest BCUT2D eigenvalue weighted by Gasteiger charge is -2.13. The molecule has 2 aromatic carbocycles. The molecule has 3 rings (SSSR count). The summed E-state index contributed by atoms with van der Waals surface area (Å²) in [6.07, 6.45) is 1.64. The van der Waals surface area contributed by atoms with Gasteiger partial charge in [0.15, 0.2) is 17.2 Å². The maximum atomic E-state index is 12.3. The predicted octanol–water partition coefficient (Wildman–Crippen LogP) is 3.37. The lowest BCUT2D eigenvalue weighted by Crippen LogP contribution is -2.07. The number of aliphatic imine (C=N–C) groups is 1. The zero-order valence-electron chi connectivity index (χ0n) is 16.4. The highest BCUT2D eigenvalue weighted by molar-refractivity contribution is 6.13. The second-order valence-electron chi connectivity index (χ2n) is 6.00. The van der Waals surface area contributed by atoms with E-state index < -0.39 is 5.97 Å². The summed E-state index contributed by atoms with van der Waals surface area (Å²) in [6, 6.07) is 9.02. The van der Waals surface area contributed by atoms with Crippen molar-refractivity contribution in [3.8, 4) is 23.0 Å². The fourth-order valence-corrected chi connectivity index (χ4v) is 2.85. The molecule has 28 heavy (non-hydrogen) atoms. The number of rotatable bonds is 6. The van der Waals surface area contributed by atoms with Crippen LogP contribution >= 0.6 is 0 Å². The van der Waals surface area contributed by atoms with Crippen molar-refractivity contribution in [1.82, 2.24) is 0 Å². The van der Waals surface area contributed by atoms with Crippen LogP contribution in [0.5, 0.6) is 23.0 Å². The van der Waals surface area contributed by atoms with Crippen LogP contribution in [0.4, 0.5) is 0 Å². The third kappa shape index (κ3) is 3.64. The smallest absolute Gasteiger partial charge is 0.363 e. The number of carbonyl (C=O) groups is 1. The number of nitrogens with zero attached hydrogens (tertiary/aromatic N) is 1. The van der Waals surface area contributed by atoms with Crippen LogP contribution in [-0.4, -0.2) is 40.3 Å². The average molecular weight is 383 g/mol. The normalized spacial score (nSPS) is 14.5. The highest BCUT2D eigenvalue weighted by atomic mass is 16.6. The van der Waals surface area contributed by atoms with Crippen molar-refractivity contribution in [3.05, 3.63) is 52.7 Å². The predicted molar refractivity (Wildman–Crippen MR) is 104 cm³/mol. The number of esters is 1. The minimum atomic E-state index is -0.549. The van der Waals surface area contributed by atoms with Crippen LogP contribution in [0.3, 0.4) is 0 Å². The first-order chi connectivity index (χ1) is 13.5. The van der Waals surface area contributed by atoms with Crippen molar-refractivity contribution in [2.24, 2.45) is 4.99 Å². The SMILES string of the molecule is COc1ccc(C)cc1/C=C1\N=C(c2cc(OC)c(OC)c(OC)c2)OC1=O. The summed E-state index contributed by atoms with van der Waals surface area (Å²) in [5.41, 5.74) is 2.48. The van der Waals surface area contributed by atoms with Gasteiger partial charge in [-0.05, 0) is 37.3 Å². The molecular weight excluding hydrogens is 362 g/mol. The Labute approximate surface area is 163 Å². The molecule has 0 saturated carbocycles. The molecule has 0 amide bonds. The molecule has 7 heteroatoms. The minimum absolute atomic E-state index is 0.155. The van der Waals surface area contributed by atoms with E-state index in [1.165, 1.54) is 21.3 Å². The first-order valence-corrected chi connectivity index (χ1v) is 8.48. The van der Waals surface area contributed by atoms with Crippen LogP contribution in [0.1, 0.15) is 16.7 Å². The van der Waals surface area contributed by atoms with Gasteiger partial charge in [0, 0.05) is 11.1 Å². The fourth-order valence-electron chi connectivity index (χ4n) is 2.85. The number of aryl methyl sites for hydroxylation is 1. The van der Waals surface area contributed by atoms with Crippen LogP contribution in [0.25, 0.3) is 6.08 Å². The Hall–Kier alpha value is -3.48. The number of cyclic esters (lactones) is 1. The highest BCUT2D eigenvalue weighted by Crippen LogP contribution is 2.39. The van der Waals surface area contributed by atoms with Gasteiger partial charge in [0.25, 0.3) is 0 Å². The molecule has 0 unspecified atom stereocenters. The van der Waals surface area contributed by atoms with E-state index in [0.717, 1.165) is 11.1 Å². The second-order valence-corrected chi connectivity index (χ2v) is 6.00. The van der Waals surface area contributed by atoms with Crippen LogP contribution in [-0.2, 0) is 9.53 Å². The molecule has 1 heterocycles. The fraction of sp³-hybridized carbons (Fsp3) is 0.238. The number of carbonyl (C=O) groups excluding carboxylic acids is 1. The number of ether oxygens (including phenoxy) is 5. The third-order valence-electron chi connectivity index (χ3n) is 4.21. The molecule has 1 aliphatic heterocycles. The van der Waals surface area contributed by atoms with Crippen LogP contribution in [0.15, 0.2) is 41.0 Å². The van der Waals surface area contributed by atoms with Crippen molar-refractivity contribution >= 4 is 17.9 Å². The van der Waals surface area contributed by atoms with Crippen LogP contribution in [0.2, 0.25) is 0 Å². The van der Waals surface area contributed by atoms with Crippen molar-refractivity contribution < 1.29 is 28.5 Å². The van der Waals surface area contributed by atoms with Crippen molar-refractivity contribution in [2.75, 3.05) is 28.4 Å². The molecule has 0 aliphatic carbocycles. The Morgan fingerprint density at radius 2 is 1.54 bits per heavy atom. The van der Waals surface area contributed by atoms with E-state index in [9.17, 15) is 4.79 Å². The first-order valence-electron chi connectivity index (χ1n) is 8.48. The quantitative estimate of drug-likeness (QED) is 0.562. The van der Waals surface area contributed by atoms with E-state index in [-0.39, 0.29) is 11.6 Å². The Morgan fingerprint density at radius 3 is 2.11 bits per heavy atom. The topological polar surface area (TPSA) is 75.6 Å². The van der Waals surface area contributed by atoms with E-state index in [4.69, 9.17) is 23.7 Å². The van der Waals surface area contributed by atoms with E-state index >= 15 is 0 Å².